The van der Waals surface area contributed by atoms with Crippen molar-refractivity contribution in [2.75, 3.05) is 17.3 Å². The molecule has 1 spiro atoms. The first-order valence-corrected chi connectivity index (χ1v) is 20.5. The summed E-state index contributed by atoms with van der Waals surface area (Å²) in [6, 6.07) is 14.3. The topological polar surface area (TPSA) is 226 Å². The number of aromatic nitrogens is 3. The molecule has 340 valence electrons. The Morgan fingerprint density at radius 3 is 1.44 bits per heavy atom. The van der Waals surface area contributed by atoms with Crippen LogP contribution in [-0.4, -0.2) is 97.4 Å². The minimum absolute atomic E-state index is 0. The third-order valence-electron chi connectivity index (χ3n) is 7.42. The van der Waals surface area contributed by atoms with E-state index in [0.717, 1.165) is 35.7 Å². The van der Waals surface area contributed by atoms with Crippen molar-refractivity contribution in [2.24, 2.45) is 15.0 Å². The SMILES string of the molecule is C.C.C.C.C.C.C.C.C.O=C(O)C1CSC(c2nc3ccc(O)cc3s2)=N1.O=C1CSC(c2nc3ccc(O)cc3s2)=N1.O=C1OOC12CSC(c1nc3ccc(O)cc3s1)=N2. The quantitative estimate of drug-likeness (QED) is 0.121. The van der Waals surface area contributed by atoms with Gasteiger partial charge in [0.05, 0.1) is 42.2 Å². The van der Waals surface area contributed by atoms with Crippen molar-refractivity contribution in [2.45, 2.75) is 78.6 Å². The van der Waals surface area contributed by atoms with E-state index in [-0.39, 0.29) is 90.0 Å². The second kappa shape index (κ2) is 24.3. The Morgan fingerprint density at radius 1 is 0.629 bits per heavy atom. The summed E-state index contributed by atoms with van der Waals surface area (Å²) in [5.41, 5.74) is 1.23. The molecule has 2 atom stereocenters. The van der Waals surface area contributed by atoms with Gasteiger partial charge in [-0.25, -0.2) is 34.5 Å². The van der Waals surface area contributed by atoms with Crippen LogP contribution in [0.15, 0.2) is 69.6 Å². The van der Waals surface area contributed by atoms with Gasteiger partial charge in [-0.1, -0.05) is 90.4 Å². The number of carbonyl (C=O) groups excluding carboxylic acids is 2. The van der Waals surface area contributed by atoms with Gasteiger partial charge in [0.1, 0.15) is 47.4 Å². The number of phenols is 3. The van der Waals surface area contributed by atoms with Crippen molar-refractivity contribution >= 4 is 133 Å². The van der Waals surface area contributed by atoms with Gasteiger partial charge in [0, 0.05) is 5.75 Å². The van der Waals surface area contributed by atoms with E-state index >= 15 is 0 Å². The summed E-state index contributed by atoms with van der Waals surface area (Å²) in [6.07, 6.45) is 0. The number of hydrogen-bond acceptors (Lipinski definition) is 19. The molecule has 6 aromatic rings. The number of thioether (sulfide) groups is 3. The summed E-state index contributed by atoms with van der Waals surface area (Å²) in [6.45, 7) is 0. The van der Waals surface area contributed by atoms with E-state index in [1.165, 1.54) is 69.3 Å². The number of amides is 1. The van der Waals surface area contributed by atoms with Gasteiger partial charge in [0.15, 0.2) is 6.04 Å². The molecule has 0 aliphatic carbocycles. The maximum absolute atomic E-state index is 11.3. The molecule has 10 rings (SSSR count). The van der Waals surface area contributed by atoms with E-state index in [1.807, 2.05) is 0 Å². The van der Waals surface area contributed by atoms with Crippen LogP contribution >= 0.6 is 69.3 Å². The van der Waals surface area contributed by atoms with Crippen LogP contribution in [0, 0.1) is 0 Å². The van der Waals surface area contributed by atoms with Crippen molar-refractivity contribution in [1.29, 1.82) is 0 Å². The summed E-state index contributed by atoms with van der Waals surface area (Å²) < 4.78 is 2.64. The Hall–Kier alpha value is -4.64. The maximum atomic E-state index is 11.3. The highest BCUT2D eigenvalue weighted by Gasteiger charge is 2.57. The zero-order valence-corrected chi connectivity index (χ0v) is 31.3. The highest BCUT2D eigenvalue weighted by molar-refractivity contribution is 8.16. The number of phenolic OH excluding ortho intramolecular Hbond substituents is 3. The zero-order chi connectivity index (χ0) is 36.9. The molecule has 2 unspecified atom stereocenters. The third kappa shape index (κ3) is 12.3. The first-order chi connectivity index (χ1) is 25.5. The van der Waals surface area contributed by atoms with Crippen molar-refractivity contribution in [3.8, 4) is 17.2 Å². The van der Waals surface area contributed by atoms with Crippen LogP contribution in [0.3, 0.4) is 0 Å². The van der Waals surface area contributed by atoms with E-state index < -0.39 is 23.7 Å². The molecule has 62 heavy (non-hydrogen) atoms. The van der Waals surface area contributed by atoms with Crippen LogP contribution in [0.2, 0.25) is 0 Å². The predicted octanol–water partition coefficient (Wildman–Crippen LogP) is 11.4. The van der Waals surface area contributed by atoms with E-state index in [4.69, 9.17) is 9.99 Å². The van der Waals surface area contributed by atoms with Gasteiger partial charge in [-0.15, -0.1) is 50.7 Å². The standard InChI is InChI=1S/C11H6N2O4S2.C11H8N2O3S2.C10H6N2O2S2.9CH4/c14-5-1-2-6-7(3-5)19-8(12-6)9-13-11(4-18-9)10(15)16-17-11;14-5-1-2-6-8(3-5)18-10(12-6)9-13-7(4-17-9)11(15)16;13-5-1-2-6-7(3-5)16-10(11-6)9-12-8(14)4-15-9;;;;;;;;;/h1-3,14H,4H2;1-3,7,14H,4H2,(H,15,16);1-3,13H,4H2;9*1H4. The second-order valence-corrected chi connectivity index (χ2v) is 17.2. The molecule has 21 heteroatoms. The molecule has 3 aromatic carbocycles. The largest absolute Gasteiger partial charge is 0.508 e. The van der Waals surface area contributed by atoms with Crippen LogP contribution in [0.4, 0.5) is 0 Å². The molecule has 4 aliphatic rings. The first kappa shape index (κ1) is 59.5. The lowest BCUT2D eigenvalue weighted by atomic mass is 10.2. The Kier molecular flexibility index (Phi) is 23.3. The lowest BCUT2D eigenvalue weighted by molar-refractivity contribution is -0.392. The van der Waals surface area contributed by atoms with Crippen LogP contribution in [0.5, 0.6) is 17.2 Å². The Labute approximate surface area is 387 Å². The van der Waals surface area contributed by atoms with Crippen LogP contribution in [0.25, 0.3) is 30.6 Å². The molecule has 15 nitrogen and oxygen atoms in total. The van der Waals surface area contributed by atoms with Crippen LogP contribution < -0.4 is 0 Å². The summed E-state index contributed by atoms with van der Waals surface area (Å²) in [5, 5.41) is 41.2. The number of benzene rings is 3. The van der Waals surface area contributed by atoms with Crippen LogP contribution in [0.1, 0.15) is 81.9 Å². The fraction of sp³-hybridized carbons (Fsp3) is 0.341. The van der Waals surface area contributed by atoms with Crippen molar-refractivity contribution in [3.05, 3.63) is 69.6 Å². The van der Waals surface area contributed by atoms with Gasteiger partial charge in [-0.05, 0) is 54.6 Å². The fourth-order valence-corrected chi connectivity index (χ4v) is 10.9. The summed E-state index contributed by atoms with van der Waals surface area (Å²) in [4.78, 5) is 67.8. The van der Waals surface area contributed by atoms with Gasteiger partial charge in [-0.3, -0.25) is 14.7 Å². The minimum Gasteiger partial charge on any atom is -0.508 e. The highest BCUT2D eigenvalue weighted by atomic mass is 32.2. The number of fused-ring (bicyclic) bond motifs is 3. The number of nitrogens with zero attached hydrogens (tertiary/aromatic N) is 6. The summed E-state index contributed by atoms with van der Waals surface area (Å²) in [5.74, 6) is 0.394. The van der Waals surface area contributed by atoms with Crippen LogP contribution in [-0.2, 0) is 24.2 Å². The molecule has 3 aromatic heterocycles. The number of aliphatic imine (C=N–C) groups is 3. The second-order valence-electron chi connectivity index (χ2n) is 11.2. The van der Waals surface area contributed by atoms with Crippen molar-refractivity contribution in [1.82, 2.24) is 15.0 Å². The number of carboxylic acids is 1. The Morgan fingerprint density at radius 2 is 1.08 bits per heavy atom. The zero-order valence-electron chi connectivity index (χ0n) is 26.4. The van der Waals surface area contributed by atoms with Gasteiger partial charge < -0.3 is 20.4 Å². The van der Waals surface area contributed by atoms with E-state index in [1.54, 1.807) is 54.6 Å². The van der Waals surface area contributed by atoms with Gasteiger partial charge in [-0.2, -0.15) is 0 Å². The Bertz CT molecular complexity index is 2590. The molecule has 7 heterocycles. The number of hydrogen-bond donors (Lipinski definition) is 4. The van der Waals surface area contributed by atoms with E-state index in [2.05, 4.69) is 34.8 Å². The average Bonchev–Trinajstić information content (AvgIpc) is 3.98. The van der Waals surface area contributed by atoms with Gasteiger partial charge in [0.2, 0.25) is 0 Å². The highest BCUT2D eigenvalue weighted by Crippen LogP contribution is 2.40. The maximum Gasteiger partial charge on any atom is 0.401 e. The number of carbonyl (C=O) groups is 3. The lowest BCUT2D eigenvalue weighted by Crippen LogP contribution is -2.51. The molecule has 1 amide bonds. The van der Waals surface area contributed by atoms with Crippen molar-refractivity contribution < 1.29 is 44.6 Å². The molecule has 1 saturated heterocycles. The summed E-state index contributed by atoms with van der Waals surface area (Å²) >= 11 is 8.48. The molecule has 0 bridgehead atoms. The Balaban J connectivity index is 0. The van der Waals surface area contributed by atoms with Gasteiger partial charge >= 0.3 is 17.7 Å². The minimum atomic E-state index is -1.17. The average molecular weight is 969 g/mol. The van der Waals surface area contributed by atoms with E-state index in [0.29, 0.717) is 42.4 Å². The molecular weight excluding hydrogens is 913 g/mol. The predicted molar refractivity (Wildman–Crippen MR) is 268 cm³/mol. The fourth-order valence-electron chi connectivity index (χ4n) is 4.87. The molecule has 1 fully saturated rings. The molecule has 0 radical (unpaired) electrons. The molecular formula is C41H56N6O9S6. The monoisotopic (exact) mass is 968 g/mol. The number of aromatic hydroxyl groups is 3. The smallest absolute Gasteiger partial charge is 0.401 e. The number of rotatable bonds is 4. The number of thiazole rings is 3. The molecule has 4 N–H and O–H groups in total. The lowest BCUT2D eigenvalue weighted by Gasteiger charge is -2.28. The van der Waals surface area contributed by atoms with Crippen molar-refractivity contribution in [3.63, 3.8) is 0 Å². The number of aliphatic carboxylic acids is 1. The molecule has 4 aliphatic heterocycles. The normalized spacial score (nSPS) is 17.4. The molecule has 0 saturated carbocycles. The van der Waals surface area contributed by atoms with E-state index in [9.17, 15) is 29.7 Å². The first-order valence-electron chi connectivity index (χ1n) is 15.1. The third-order valence-corrected chi connectivity index (χ3v) is 14.0. The summed E-state index contributed by atoms with van der Waals surface area (Å²) in [7, 11) is 0. The van der Waals surface area contributed by atoms with Gasteiger partial charge in [0.25, 0.3) is 5.91 Å². The number of carboxylic acid groups (broad SMARTS) is 1.